The van der Waals surface area contributed by atoms with Crippen LogP contribution in [0, 0.1) is 5.82 Å². The molecule has 0 bridgehead atoms. The van der Waals surface area contributed by atoms with Gasteiger partial charge >= 0.3 is 6.03 Å². The zero-order valence-electron chi connectivity index (χ0n) is 13.3. The van der Waals surface area contributed by atoms with Gasteiger partial charge in [0.15, 0.2) is 11.5 Å². The van der Waals surface area contributed by atoms with Gasteiger partial charge in [0.2, 0.25) is 6.79 Å². The maximum Gasteiger partial charge on any atom is 0.329 e. The van der Waals surface area contributed by atoms with Gasteiger partial charge in [0.1, 0.15) is 11.5 Å². The second kappa shape index (κ2) is 6.34. The van der Waals surface area contributed by atoms with Gasteiger partial charge in [-0.25, -0.2) is 9.18 Å². The molecule has 0 saturated carbocycles. The predicted octanol–water partition coefficient (Wildman–Crippen LogP) is 3.30. The van der Waals surface area contributed by atoms with Crippen LogP contribution in [-0.4, -0.2) is 23.6 Å². The quantitative estimate of drug-likeness (QED) is 0.661. The van der Waals surface area contributed by atoms with Crippen molar-refractivity contribution in [3.05, 3.63) is 64.1 Å². The fourth-order valence-corrected chi connectivity index (χ4v) is 2.92. The first kappa shape index (κ1) is 16.4. The van der Waals surface area contributed by atoms with E-state index in [0.717, 1.165) is 4.90 Å². The normalized spacial score (nSPS) is 17.2. The number of nitrogens with zero attached hydrogens (tertiary/aromatic N) is 1. The van der Waals surface area contributed by atoms with Crippen LogP contribution in [0.5, 0.6) is 11.5 Å². The smallest absolute Gasteiger partial charge is 0.329 e. The summed E-state index contributed by atoms with van der Waals surface area (Å²) in [6.45, 7) is -0.0681. The van der Waals surface area contributed by atoms with Crippen LogP contribution >= 0.6 is 11.6 Å². The van der Waals surface area contributed by atoms with E-state index in [1.165, 1.54) is 24.3 Å². The Labute approximate surface area is 152 Å². The molecule has 2 heterocycles. The van der Waals surface area contributed by atoms with Crippen LogP contribution in [0.4, 0.5) is 9.18 Å². The van der Waals surface area contributed by atoms with Crippen LogP contribution in [0.25, 0.3) is 6.08 Å². The van der Waals surface area contributed by atoms with Crippen LogP contribution in [0.15, 0.2) is 42.1 Å². The van der Waals surface area contributed by atoms with Gasteiger partial charge in [-0.15, -0.1) is 0 Å². The lowest BCUT2D eigenvalue weighted by Crippen LogP contribution is -2.30. The van der Waals surface area contributed by atoms with Crippen molar-refractivity contribution in [2.45, 2.75) is 6.54 Å². The monoisotopic (exact) mass is 374 g/mol. The molecular weight excluding hydrogens is 363 g/mol. The number of nitrogens with one attached hydrogen (secondary N) is 1. The molecule has 2 aromatic carbocycles. The molecule has 0 aromatic heterocycles. The maximum atomic E-state index is 13.8. The number of carbonyl (C=O) groups excluding carboxylic acids is 2. The summed E-state index contributed by atoms with van der Waals surface area (Å²) in [5, 5.41) is 2.83. The lowest BCUT2D eigenvalue weighted by atomic mass is 10.1. The van der Waals surface area contributed by atoms with E-state index in [0.29, 0.717) is 22.1 Å². The highest BCUT2D eigenvalue weighted by atomic mass is 35.5. The largest absolute Gasteiger partial charge is 0.454 e. The van der Waals surface area contributed by atoms with Crippen molar-refractivity contribution in [1.29, 1.82) is 0 Å². The van der Waals surface area contributed by atoms with Crippen LogP contribution in [0.1, 0.15) is 11.1 Å². The van der Waals surface area contributed by atoms with Gasteiger partial charge in [0, 0.05) is 11.6 Å². The van der Waals surface area contributed by atoms with Crippen molar-refractivity contribution >= 4 is 29.6 Å². The third-order valence-electron chi connectivity index (χ3n) is 4.04. The summed E-state index contributed by atoms with van der Waals surface area (Å²) >= 11 is 6.19. The molecule has 26 heavy (non-hydrogen) atoms. The molecule has 3 amide bonds. The SMILES string of the molecule is O=C1N/C(=C/c2cc3c(cc2Cl)OCO3)C(=O)N1Cc1ccccc1F. The Morgan fingerprint density at radius 3 is 2.69 bits per heavy atom. The minimum Gasteiger partial charge on any atom is -0.454 e. The number of urea groups is 1. The van der Waals surface area contributed by atoms with Crippen LogP contribution < -0.4 is 14.8 Å². The number of hydrogen-bond donors (Lipinski definition) is 1. The molecule has 8 heteroatoms. The molecular formula is C18H12ClFN2O4. The molecule has 0 radical (unpaired) electrons. The van der Waals surface area contributed by atoms with E-state index in [-0.39, 0.29) is 24.6 Å². The third-order valence-corrected chi connectivity index (χ3v) is 4.37. The molecule has 2 aliphatic heterocycles. The summed E-state index contributed by atoms with van der Waals surface area (Å²) < 4.78 is 24.3. The molecule has 0 atom stereocenters. The highest BCUT2D eigenvalue weighted by Crippen LogP contribution is 2.37. The van der Waals surface area contributed by atoms with E-state index < -0.39 is 17.8 Å². The summed E-state index contributed by atoms with van der Waals surface area (Å²) in [7, 11) is 0. The second-order valence-corrected chi connectivity index (χ2v) is 6.11. The summed E-state index contributed by atoms with van der Waals surface area (Å²) in [5.74, 6) is -0.0299. The molecule has 0 unspecified atom stereocenters. The van der Waals surface area contributed by atoms with Gasteiger partial charge in [0.25, 0.3) is 5.91 Å². The summed E-state index contributed by atoms with van der Waals surface area (Å²) in [5.41, 5.74) is 0.790. The molecule has 0 aliphatic carbocycles. The minimum absolute atomic E-state index is 0.0482. The van der Waals surface area contributed by atoms with E-state index in [2.05, 4.69) is 5.32 Å². The summed E-state index contributed by atoms with van der Waals surface area (Å²) in [6, 6.07) is 8.55. The van der Waals surface area contributed by atoms with Gasteiger partial charge in [0.05, 0.1) is 11.6 Å². The Hall–Kier alpha value is -3.06. The number of imide groups is 1. The first-order chi connectivity index (χ1) is 12.5. The number of halogens is 2. The fraction of sp³-hybridized carbons (Fsp3) is 0.111. The number of fused-ring (bicyclic) bond motifs is 1. The molecule has 1 saturated heterocycles. The molecule has 1 fully saturated rings. The van der Waals surface area contributed by atoms with Crippen molar-refractivity contribution in [1.82, 2.24) is 10.2 Å². The minimum atomic E-state index is -0.624. The molecule has 132 valence electrons. The highest BCUT2D eigenvalue weighted by molar-refractivity contribution is 6.32. The Balaban J connectivity index is 1.61. The Kier molecular flexibility index (Phi) is 4.00. The standard InChI is InChI=1S/C18H12ClFN2O4/c19-12-7-16-15(25-9-26-16)6-11(12)5-14-17(23)22(18(24)21-14)8-10-3-1-2-4-13(10)20/h1-7H,8-9H2,(H,21,24)/b14-5+. The summed E-state index contributed by atoms with van der Waals surface area (Å²) in [6.07, 6.45) is 1.45. The van der Waals surface area contributed by atoms with Crippen molar-refractivity contribution in [3.63, 3.8) is 0 Å². The number of rotatable bonds is 3. The zero-order chi connectivity index (χ0) is 18.3. The molecule has 6 nitrogen and oxygen atoms in total. The van der Waals surface area contributed by atoms with Gasteiger partial charge in [-0.05, 0) is 23.8 Å². The molecule has 0 spiro atoms. The average molecular weight is 375 g/mol. The molecule has 2 aliphatic rings. The van der Waals surface area contributed by atoms with E-state index in [4.69, 9.17) is 21.1 Å². The van der Waals surface area contributed by atoms with Gasteiger partial charge in [-0.3, -0.25) is 9.69 Å². The average Bonchev–Trinajstić information content (AvgIpc) is 3.16. The Morgan fingerprint density at radius 1 is 1.19 bits per heavy atom. The zero-order valence-corrected chi connectivity index (χ0v) is 14.0. The van der Waals surface area contributed by atoms with E-state index in [1.54, 1.807) is 18.2 Å². The van der Waals surface area contributed by atoms with Crippen molar-refractivity contribution in [2.75, 3.05) is 6.79 Å². The Morgan fingerprint density at radius 2 is 1.92 bits per heavy atom. The molecule has 2 aromatic rings. The first-order valence-corrected chi connectivity index (χ1v) is 8.08. The lowest BCUT2D eigenvalue weighted by Gasteiger charge is -2.12. The van der Waals surface area contributed by atoms with E-state index in [9.17, 15) is 14.0 Å². The van der Waals surface area contributed by atoms with E-state index in [1.807, 2.05) is 0 Å². The van der Waals surface area contributed by atoms with Crippen molar-refractivity contribution < 1.29 is 23.5 Å². The van der Waals surface area contributed by atoms with Crippen LogP contribution in [0.2, 0.25) is 5.02 Å². The van der Waals surface area contributed by atoms with E-state index >= 15 is 0 Å². The van der Waals surface area contributed by atoms with Crippen LogP contribution in [0.3, 0.4) is 0 Å². The number of hydrogen-bond acceptors (Lipinski definition) is 4. The van der Waals surface area contributed by atoms with Crippen LogP contribution in [-0.2, 0) is 11.3 Å². The van der Waals surface area contributed by atoms with Crippen molar-refractivity contribution in [2.24, 2.45) is 0 Å². The number of benzene rings is 2. The molecule has 4 rings (SSSR count). The third kappa shape index (κ3) is 2.86. The topological polar surface area (TPSA) is 67.9 Å². The lowest BCUT2D eigenvalue weighted by molar-refractivity contribution is -0.123. The van der Waals surface area contributed by atoms with Gasteiger partial charge in [-0.2, -0.15) is 0 Å². The maximum absolute atomic E-state index is 13.8. The number of amides is 3. The van der Waals surface area contributed by atoms with Gasteiger partial charge < -0.3 is 14.8 Å². The first-order valence-electron chi connectivity index (χ1n) is 7.70. The predicted molar refractivity (Wildman–Crippen MR) is 91.0 cm³/mol. The highest BCUT2D eigenvalue weighted by Gasteiger charge is 2.34. The number of ether oxygens (including phenoxy) is 2. The second-order valence-electron chi connectivity index (χ2n) is 5.70. The molecule has 1 N–H and O–H groups in total. The van der Waals surface area contributed by atoms with Gasteiger partial charge in [-0.1, -0.05) is 29.8 Å². The Bertz CT molecular complexity index is 960. The number of carbonyl (C=O) groups is 2. The summed E-state index contributed by atoms with van der Waals surface area (Å²) in [4.78, 5) is 25.6. The fourth-order valence-electron chi connectivity index (χ4n) is 2.71. The van der Waals surface area contributed by atoms with Crippen molar-refractivity contribution in [3.8, 4) is 11.5 Å².